The molecule has 34 heavy (non-hydrogen) atoms. The van der Waals surface area contributed by atoms with Gasteiger partial charge in [-0.2, -0.15) is 74.6 Å². The average Bonchev–Trinajstić information content (AvgIpc) is 2.65. The molecule has 1 nitrogen and oxygen atoms in total. The molecule has 0 saturated heterocycles. The van der Waals surface area contributed by atoms with Crippen LogP contribution in [0.4, 0.5) is 74.6 Å². The predicted octanol–water partition coefficient (Wildman–Crippen LogP) is 7.76. The highest BCUT2D eigenvalue weighted by Gasteiger charge is 2.95. The molecule has 0 bridgehead atoms. The zero-order chi connectivity index (χ0) is 27.7. The first-order valence-corrected chi connectivity index (χ1v) is 8.71. The predicted molar refractivity (Wildman–Crippen MR) is 80.2 cm³/mol. The number of alkyl halides is 17. The maximum Gasteiger partial charge on any atom is 0.460 e. The van der Waals surface area contributed by atoms with Gasteiger partial charge in [-0.1, -0.05) is 6.08 Å². The van der Waals surface area contributed by atoms with E-state index in [1.54, 1.807) is 0 Å². The van der Waals surface area contributed by atoms with Gasteiger partial charge in [-0.05, 0) is 19.3 Å². The van der Waals surface area contributed by atoms with Crippen LogP contribution in [-0.2, 0) is 4.74 Å². The van der Waals surface area contributed by atoms with Gasteiger partial charge in [0, 0.05) is 13.0 Å². The third-order valence-electron chi connectivity index (χ3n) is 4.29. The lowest BCUT2D eigenvalue weighted by molar-refractivity contribution is -0.462. The largest absolute Gasteiger partial charge is 0.460 e. The molecule has 0 aliphatic carbocycles. The van der Waals surface area contributed by atoms with Crippen molar-refractivity contribution in [3.8, 4) is 0 Å². The lowest BCUT2D eigenvalue weighted by Gasteiger charge is -2.42. The minimum Gasteiger partial charge on any atom is -0.381 e. The van der Waals surface area contributed by atoms with Gasteiger partial charge in [-0.15, -0.1) is 6.58 Å². The van der Waals surface area contributed by atoms with Crippen LogP contribution in [0.3, 0.4) is 0 Å². The summed E-state index contributed by atoms with van der Waals surface area (Å²) in [6, 6.07) is 0. The lowest BCUT2D eigenvalue weighted by Crippen LogP contribution is -2.74. The Balaban J connectivity index is 6.00. The molecule has 0 aliphatic heterocycles. The molecule has 0 unspecified atom stereocenters. The van der Waals surface area contributed by atoms with Gasteiger partial charge in [-0.25, -0.2) is 0 Å². The van der Waals surface area contributed by atoms with E-state index in [-0.39, 0.29) is 6.42 Å². The van der Waals surface area contributed by atoms with E-state index in [1.165, 1.54) is 6.08 Å². The van der Waals surface area contributed by atoms with Gasteiger partial charge in [0.1, 0.15) is 0 Å². The molecule has 0 spiro atoms. The molecule has 0 fully saturated rings. The second-order valence-corrected chi connectivity index (χ2v) is 6.80. The Kier molecular flexibility index (Phi) is 9.44. The van der Waals surface area contributed by atoms with Gasteiger partial charge in [-0.3, -0.25) is 0 Å². The number of hydrogen-bond donors (Lipinski definition) is 0. The zero-order valence-corrected chi connectivity index (χ0v) is 16.4. The fourth-order valence-electron chi connectivity index (χ4n) is 2.15. The minimum atomic E-state index is -8.61. The Morgan fingerprint density at radius 2 is 0.882 bits per heavy atom. The third-order valence-corrected chi connectivity index (χ3v) is 4.29. The number of allylic oxidation sites excluding steroid dienone is 1. The summed E-state index contributed by atoms with van der Waals surface area (Å²) in [7, 11) is 0. The zero-order valence-electron chi connectivity index (χ0n) is 16.4. The minimum absolute atomic E-state index is 0.0803. The molecule has 0 aromatic rings. The lowest BCUT2D eigenvalue weighted by atomic mass is 9.88. The maximum atomic E-state index is 13.6. The highest BCUT2D eigenvalue weighted by atomic mass is 19.4. The van der Waals surface area contributed by atoms with Crippen molar-refractivity contribution in [3.63, 3.8) is 0 Å². The summed E-state index contributed by atoms with van der Waals surface area (Å²) in [5.41, 5.74) is 0. The Hall–Kier alpha value is -1.49. The van der Waals surface area contributed by atoms with Crippen molar-refractivity contribution < 1.29 is 79.4 Å². The normalized spacial score (nSPS) is 15.6. The fourth-order valence-corrected chi connectivity index (χ4v) is 2.15. The van der Waals surface area contributed by atoms with E-state index in [2.05, 4.69) is 11.3 Å². The molecule has 0 aromatic carbocycles. The second-order valence-electron chi connectivity index (χ2n) is 6.80. The van der Waals surface area contributed by atoms with Crippen molar-refractivity contribution in [3.05, 3.63) is 12.7 Å². The molecule has 0 aromatic heterocycles. The summed E-state index contributed by atoms with van der Waals surface area (Å²) in [5.74, 6) is -56.1. The van der Waals surface area contributed by atoms with Crippen molar-refractivity contribution >= 4 is 0 Å². The van der Waals surface area contributed by atoms with Crippen molar-refractivity contribution in [2.24, 2.45) is 0 Å². The molecule has 0 saturated carbocycles. The Bertz CT molecular complexity index is 680. The van der Waals surface area contributed by atoms with Crippen LogP contribution >= 0.6 is 0 Å². The van der Waals surface area contributed by atoms with Crippen LogP contribution in [0.25, 0.3) is 0 Å². The molecule has 0 amide bonds. The van der Waals surface area contributed by atoms with Gasteiger partial charge in [0.15, 0.2) is 0 Å². The van der Waals surface area contributed by atoms with Gasteiger partial charge >= 0.3 is 47.6 Å². The highest BCUT2D eigenvalue weighted by molar-refractivity contribution is 5.15. The number of rotatable bonds is 14. The molecule has 0 aliphatic rings. The van der Waals surface area contributed by atoms with Crippen LogP contribution in [0.1, 0.15) is 25.7 Å². The van der Waals surface area contributed by atoms with Crippen molar-refractivity contribution in [1.29, 1.82) is 0 Å². The average molecular weight is 546 g/mol. The Morgan fingerprint density at radius 1 is 0.500 bits per heavy atom. The van der Waals surface area contributed by atoms with Gasteiger partial charge in [0.25, 0.3) is 0 Å². The number of unbranched alkanes of at least 4 members (excludes halogenated alkanes) is 2. The number of hydrogen-bond acceptors (Lipinski definition) is 1. The van der Waals surface area contributed by atoms with Gasteiger partial charge in [0.05, 0.1) is 6.61 Å². The highest BCUT2D eigenvalue weighted by Crippen LogP contribution is 2.64. The molecule has 0 atom stereocenters. The molecule has 0 heterocycles. The smallest absolute Gasteiger partial charge is 0.381 e. The second kappa shape index (κ2) is 9.87. The van der Waals surface area contributed by atoms with Crippen molar-refractivity contribution in [2.45, 2.75) is 73.3 Å². The first-order valence-electron chi connectivity index (χ1n) is 8.71. The van der Waals surface area contributed by atoms with E-state index >= 15 is 0 Å². The topological polar surface area (TPSA) is 9.23 Å². The molecule has 0 rings (SSSR count). The van der Waals surface area contributed by atoms with Gasteiger partial charge in [0.2, 0.25) is 0 Å². The van der Waals surface area contributed by atoms with E-state index in [0.717, 1.165) is 0 Å². The van der Waals surface area contributed by atoms with Crippen LogP contribution in [-0.4, -0.2) is 60.8 Å². The summed E-state index contributed by atoms with van der Waals surface area (Å²) >= 11 is 0. The maximum absolute atomic E-state index is 13.6. The SMILES string of the molecule is C=CCCCCOCCC(F)(F)C(F)(F)C(F)(F)C(F)(F)C(F)(F)C(F)(F)C(F)(F)C(F)(F)F. The van der Waals surface area contributed by atoms with E-state index < -0.39 is 67.3 Å². The molecular formula is C16H15F17O. The monoisotopic (exact) mass is 546 g/mol. The Labute approximate surface area is 179 Å². The van der Waals surface area contributed by atoms with Crippen molar-refractivity contribution in [2.75, 3.05) is 13.2 Å². The summed E-state index contributed by atoms with van der Waals surface area (Å²) in [5, 5.41) is 0. The number of ether oxygens (including phenoxy) is 1. The fraction of sp³-hybridized carbons (Fsp3) is 0.875. The molecule has 204 valence electrons. The van der Waals surface area contributed by atoms with E-state index in [4.69, 9.17) is 0 Å². The third kappa shape index (κ3) is 5.20. The molecule has 18 heteroatoms. The van der Waals surface area contributed by atoms with Gasteiger partial charge < -0.3 is 4.74 Å². The first kappa shape index (κ1) is 32.5. The van der Waals surface area contributed by atoms with Crippen LogP contribution in [0.5, 0.6) is 0 Å². The summed E-state index contributed by atoms with van der Waals surface area (Å²) < 4.78 is 226. The molecule has 0 N–H and O–H groups in total. The molecular weight excluding hydrogens is 531 g/mol. The first-order chi connectivity index (χ1) is 14.8. The van der Waals surface area contributed by atoms with Crippen LogP contribution in [0.15, 0.2) is 12.7 Å². The standard InChI is InChI=1S/C16H15F17O/c1-2-3-4-5-7-34-8-6-9(17,18)10(19,20)11(21,22)12(23,24)13(25,26)14(27,28)15(29,30)16(31,32)33/h2H,1,3-8H2. The van der Waals surface area contributed by atoms with E-state index in [0.29, 0.717) is 12.8 Å². The summed E-state index contributed by atoms with van der Waals surface area (Å²) in [4.78, 5) is 0. The Morgan fingerprint density at radius 3 is 1.26 bits per heavy atom. The summed E-state index contributed by atoms with van der Waals surface area (Å²) in [6.07, 6.45) is -8.15. The van der Waals surface area contributed by atoms with Crippen LogP contribution in [0, 0.1) is 0 Å². The van der Waals surface area contributed by atoms with Crippen molar-refractivity contribution in [1.82, 2.24) is 0 Å². The molecule has 0 radical (unpaired) electrons. The quantitative estimate of drug-likeness (QED) is 0.123. The summed E-state index contributed by atoms with van der Waals surface area (Å²) in [6.45, 7) is 1.27. The number of halogens is 17. The van der Waals surface area contributed by atoms with Crippen LogP contribution < -0.4 is 0 Å². The van der Waals surface area contributed by atoms with E-state index in [1.807, 2.05) is 0 Å². The van der Waals surface area contributed by atoms with E-state index in [9.17, 15) is 74.6 Å². The van der Waals surface area contributed by atoms with Crippen LogP contribution in [0.2, 0.25) is 0 Å².